The molecule has 1 aromatic rings. The van der Waals surface area contributed by atoms with Gasteiger partial charge in [0.05, 0.1) is 0 Å². The maximum Gasteiger partial charge on any atom is 0.150 e. The minimum atomic E-state index is -0.665. The SMILES string of the molecule is CC1(C)C(Nc2c(F)cc(C(N)=S)cc2F)C1(C)C. The number of hydrogen-bond donors (Lipinski definition) is 2. The van der Waals surface area contributed by atoms with E-state index in [4.69, 9.17) is 18.0 Å². The third kappa shape index (κ3) is 2.10. The van der Waals surface area contributed by atoms with E-state index in [0.717, 1.165) is 12.1 Å². The van der Waals surface area contributed by atoms with Gasteiger partial charge >= 0.3 is 0 Å². The number of benzene rings is 1. The lowest BCUT2D eigenvalue weighted by Crippen LogP contribution is -2.15. The van der Waals surface area contributed by atoms with Crippen molar-refractivity contribution in [3.63, 3.8) is 0 Å². The summed E-state index contributed by atoms with van der Waals surface area (Å²) >= 11 is 4.72. The van der Waals surface area contributed by atoms with Gasteiger partial charge in [0.15, 0.2) is 0 Å². The molecule has 0 unspecified atom stereocenters. The first kappa shape index (κ1) is 14.2. The highest BCUT2D eigenvalue weighted by atomic mass is 32.1. The summed E-state index contributed by atoms with van der Waals surface area (Å²) in [7, 11) is 0. The zero-order chi connectivity index (χ0) is 14.6. The Kier molecular flexibility index (Phi) is 3.08. The van der Waals surface area contributed by atoms with Crippen LogP contribution in [0.2, 0.25) is 0 Å². The van der Waals surface area contributed by atoms with Gasteiger partial charge in [-0.05, 0) is 23.0 Å². The molecular weight excluding hydrogens is 266 g/mol. The Morgan fingerprint density at radius 2 is 1.58 bits per heavy atom. The first-order chi connectivity index (χ1) is 8.59. The summed E-state index contributed by atoms with van der Waals surface area (Å²) in [6.45, 7) is 8.29. The number of hydrogen-bond acceptors (Lipinski definition) is 2. The number of thiocarbonyl (C=S) groups is 1. The van der Waals surface area contributed by atoms with Crippen molar-refractivity contribution in [1.82, 2.24) is 0 Å². The molecule has 1 aromatic carbocycles. The van der Waals surface area contributed by atoms with Crippen LogP contribution in [-0.4, -0.2) is 11.0 Å². The van der Waals surface area contributed by atoms with Crippen LogP contribution in [0.1, 0.15) is 33.3 Å². The molecule has 1 aliphatic rings. The first-order valence-electron chi connectivity index (χ1n) is 6.14. The van der Waals surface area contributed by atoms with Gasteiger partial charge in [0.1, 0.15) is 22.3 Å². The maximum atomic E-state index is 13.9. The molecule has 1 saturated carbocycles. The fourth-order valence-corrected chi connectivity index (χ4v) is 2.67. The van der Waals surface area contributed by atoms with E-state index >= 15 is 0 Å². The van der Waals surface area contributed by atoms with Crippen LogP contribution in [-0.2, 0) is 0 Å². The van der Waals surface area contributed by atoms with Crippen LogP contribution in [0.4, 0.5) is 14.5 Å². The van der Waals surface area contributed by atoms with Gasteiger partial charge in [-0.3, -0.25) is 0 Å². The van der Waals surface area contributed by atoms with E-state index in [9.17, 15) is 8.78 Å². The van der Waals surface area contributed by atoms with Crippen LogP contribution in [0, 0.1) is 22.5 Å². The summed E-state index contributed by atoms with van der Waals surface area (Å²) in [5.41, 5.74) is 5.46. The number of rotatable bonds is 3. The van der Waals surface area contributed by atoms with E-state index in [2.05, 4.69) is 33.0 Å². The van der Waals surface area contributed by atoms with Crippen molar-refractivity contribution in [1.29, 1.82) is 0 Å². The molecule has 0 radical (unpaired) electrons. The molecular formula is C14H18F2N2S. The number of nitrogens with two attached hydrogens (primary N) is 1. The average Bonchev–Trinajstić information content (AvgIpc) is 2.64. The summed E-state index contributed by atoms with van der Waals surface area (Å²) in [4.78, 5) is -0.0172. The minimum absolute atomic E-state index is 0.00623. The normalized spacial score (nSPS) is 20.1. The predicted octanol–water partition coefficient (Wildman–Crippen LogP) is 3.45. The molecule has 104 valence electrons. The minimum Gasteiger partial charge on any atom is -0.389 e. The Bertz CT molecular complexity index is 515. The lowest BCUT2D eigenvalue weighted by molar-refractivity contribution is 0.457. The van der Waals surface area contributed by atoms with Gasteiger partial charge in [0, 0.05) is 11.6 Å². The molecule has 0 atom stereocenters. The molecule has 0 amide bonds. The number of anilines is 1. The molecule has 0 saturated heterocycles. The number of halogens is 2. The Morgan fingerprint density at radius 3 is 1.89 bits per heavy atom. The van der Waals surface area contributed by atoms with Gasteiger partial charge in [0.2, 0.25) is 0 Å². The smallest absolute Gasteiger partial charge is 0.150 e. The fraction of sp³-hybridized carbons (Fsp3) is 0.500. The largest absolute Gasteiger partial charge is 0.389 e. The average molecular weight is 284 g/mol. The monoisotopic (exact) mass is 284 g/mol. The second kappa shape index (κ2) is 4.13. The zero-order valence-corrected chi connectivity index (χ0v) is 12.3. The zero-order valence-electron chi connectivity index (χ0n) is 11.5. The molecule has 3 N–H and O–H groups in total. The molecule has 0 bridgehead atoms. The van der Waals surface area contributed by atoms with E-state index in [1.54, 1.807) is 0 Å². The molecule has 1 aliphatic carbocycles. The second-order valence-electron chi connectivity index (χ2n) is 6.20. The molecule has 0 aromatic heterocycles. The van der Waals surface area contributed by atoms with E-state index in [-0.39, 0.29) is 33.1 Å². The Labute approximate surface area is 117 Å². The Morgan fingerprint density at radius 1 is 1.16 bits per heavy atom. The van der Waals surface area contributed by atoms with Crippen LogP contribution < -0.4 is 11.1 Å². The first-order valence-corrected chi connectivity index (χ1v) is 6.55. The highest BCUT2D eigenvalue weighted by Gasteiger charge is 2.65. The van der Waals surface area contributed by atoms with Crippen molar-refractivity contribution < 1.29 is 8.78 Å². The Hall–Kier alpha value is -1.23. The van der Waals surface area contributed by atoms with Crippen LogP contribution in [0.3, 0.4) is 0 Å². The van der Waals surface area contributed by atoms with Gasteiger partial charge in [-0.1, -0.05) is 39.9 Å². The van der Waals surface area contributed by atoms with E-state index in [0.29, 0.717) is 0 Å². The predicted molar refractivity (Wildman–Crippen MR) is 77.2 cm³/mol. The molecule has 2 nitrogen and oxygen atoms in total. The van der Waals surface area contributed by atoms with Crippen LogP contribution in [0.5, 0.6) is 0 Å². The van der Waals surface area contributed by atoms with Crippen LogP contribution >= 0.6 is 12.2 Å². The van der Waals surface area contributed by atoms with Crippen molar-refractivity contribution >= 4 is 22.9 Å². The van der Waals surface area contributed by atoms with Crippen LogP contribution in [0.25, 0.3) is 0 Å². The Balaban J connectivity index is 2.31. The van der Waals surface area contributed by atoms with Crippen molar-refractivity contribution in [2.75, 3.05) is 5.32 Å². The lowest BCUT2D eigenvalue weighted by atomic mass is 10.0. The molecule has 0 aliphatic heterocycles. The molecule has 5 heteroatoms. The van der Waals surface area contributed by atoms with Gasteiger partial charge in [-0.15, -0.1) is 0 Å². The third-order valence-electron chi connectivity index (χ3n) is 4.64. The lowest BCUT2D eigenvalue weighted by Gasteiger charge is -2.12. The van der Waals surface area contributed by atoms with Crippen molar-refractivity contribution in [3.8, 4) is 0 Å². The van der Waals surface area contributed by atoms with E-state index in [1.807, 2.05) is 0 Å². The fourth-order valence-electron chi connectivity index (χ4n) is 2.55. The third-order valence-corrected chi connectivity index (χ3v) is 4.87. The van der Waals surface area contributed by atoms with Crippen molar-refractivity contribution in [2.24, 2.45) is 16.6 Å². The molecule has 1 fully saturated rings. The highest BCUT2D eigenvalue weighted by Crippen LogP contribution is 2.63. The van der Waals surface area contributed by atoms with Gasteiger partial charge in [-0.2, -0.15) is 0 Å². The summed E-state index contributed by atoms with van der Waals surface area (Å²) in [5, 5.41) is 2.97. The quantitative estimate of drug-likeness (QED) is 0.835. The van der Waals surface area contributed by atoms with E-state index < -0.39 is 11.6 Å². The van der Waals surface area contributed by atoms with Gasteiger partial charge < -0.3 is 11.1 Å². The highest BCUT2D eigenvalue weighted by molar-refractivity contribution is 7.80. The molecule has 2 rings (SSSR count). The standard InChI is InChI=1S/C14H18F2N2S/c1-13(2)12(14(13,3)4)18-10-8(15)5-7(11(17)19)6-9(10)16/h5-6,12,18H,1-4H3,(H2,17,19). The van der Waals surface area contributed by atoms with Crippen molar-refractivity contribution in [2.45, 2.75) is 33.7 Å². The molecule has 0 spiro atoms. The van der Waals surface area contributed by atoms with Crippen molar-refractivity contribution in [3.05, 3.63) is 29.3 Å². The molecule has 19 heavy (non-hydrogen) atoms. The summed E-state index contributed by atoms with van der Waals surface area (Å²) < 4.78 is 27.9. The topological polar surface area (TPSA) is 38.0 Å². The maximum absolute atomic E-state index is 13.9. The summed E-state index contributed by atoms with van der Waals surface area (Å²) in [6, 6.07) is 2.35. The summed E-state index contributed by atoms with van der Waals surface area (Å²) in [5.74, 6) is -1.33. The van der Waals surface area contributed by atoms with Crippen LogP contribution in [0.15, 0.2) is 12.1 Å². The summed E-state index contributed by atoms with van der Waals surface area (Å²) in [6.07, 6.45) is 0. The second-order valence-corrected chi connectivity index (χ2v) is 6.64. The van der Waals surface area contributed by atoms with Gasteiger partial charge in [0.25, 0.3) is 0 Å². The number of nitrogens with one attached hydrogen (secondary N) is 1. The van der Waals surface area contributed by atoms with Gasteiger partial charge in [-0.25, -0.2) is 8.78 Å². The molecule has 0 heterocycles. The van der Waals surface area contributed by atoms with E-state index in [1.165, 1.54) is 0 Å².